The van der Waals surface area contributed by atoms with Crippen molar-refractivity contribution in [1.29, 1.82) is 5.26 Å². The maximum Gasteiger partial charge on any atom is 0.212 e. The minimum atomic E-state index is -0.862. The summed E-state index contributed by atoms with van der Waals surface area (Å²) in [7, 11) is 3.55. The number of aromatic nitrogens is 4. The molecule has 0 radical (unpaired) electrons. The highest BCUT2D eigenvalue weighted by Gasteiger charge is 2.36. The Bertz CT molecular complexity index is 1640. The van der Waals surface area contributed by atoms with Gasteiger partial charge in [-0.15, -0.1) is 0 Å². The fraction of sp³-hybridized carbons (Fsp3) is 0.321. The Kier molecular flexibility index (Phi) is 7.90. The summed E-state index contributed by atoms with van der Waals surface area (Å²) in [6.45, 7) is 0.879. The SMILES string of the molecule is CN(C=O)C1CCN2c3ncnc4c(F)c(-c5c(O)cccc5F)c(Cl)c(c34)OCCC2C1.Cn1ccnc1C#N. The van der Waals surface area contributed by atoms with Gasteiger partial charge in [0.15, 0.2) is 11.6 Å². The first-order chi connectivity index (χ1) is 19.8. The average molecular weight is 582 g/mol. The predicted molar refractivity (Wildman–Crippen MR) is 148 cm³/mol. The van der Waals surface area contributed by atoms with Gasteiger partial charge in [-0.1, -0.05) is 17.7 Å². The van der Waals surface area contributed by atoms with Crippen LogP contribution in [0.4, 0.5) is 14.6 Å². The van der Waals surface area contributed by atoms with Crippen molar-refractivity contribution in [3.8, 4) is 28.7 Å². The topological polar surface area (TPSA) is 120 Å². The van der Waals surface area contributed by atoms with Crippen LogP contribution in [-0.4, -0.2) is 68.2 Å². The molecule has 2 aromatic carbocycles. The van der Waals surface area contributed by atoms with Crippen LogP contribution in [0, 0.1) is 23.0 Å². The largest absolute Gasteiger partial charge is 0.507 e. The fourth-order valence-corrected chi connectivity index (χ4v) is 5.66. The van der Waals surface area contributed by atoms with Crippen molar-refractivity contribution < 1.29 is 23.4 Å². The molecule has 4 aromatic rings. The lowest BCUT2D eigenvalue weighted by Crippen LogP contribution is -2.50. The molecule has 0 bridgehead atoms. The second-order valence-electron chi connectivity index (χ2n) is 9.79. The number of rotatable bonds is 3. The normalized spacial score (nSPS) is 17.7. The number of fused-ring (bicyclic) bond motifs is 2. The first-order valence-electron chi connectivity index (χ1n) is 12.8. The summed E-state index contributed by atoms with van der Waals surface area (Å²) < 4.78 is 38.1. The van der Waals surface area contributed by atoms with Crippen molar-refractivity contribution in [2.45, 2.75) is 31.3 Å². The van der Waals surface area contributed by atoms with Gasteiger partial charge in [-0.3, -0.25) is 4.79 Å². The number of aromatic hydroxyl groups is 1. The summed E-state index contributed by atoms with van der Waals surface area (Å²) >= 11 is 6.60. The van der Waals surface area contributed by atoms with Gasteiger partial charge in [-0.25, -0.2) is 23.7 Å². The van der Waals surface area contributed by atoms with Gasteiger partial charge in [-0.2, -0.15) is 5.26 Å². The van der Waals surface area contributed by atoms with Crippen molar-refractivity contribution in [1.82, 2.24) is 24.4 Å². The average Bonchev–Trinajstić information content (AvgIpc) is 3.39. The van der Waals surface area contributed by atoms with Gasteiger partial charge in [-0.05, 0) is 25.0 Å². The van der Waals surface area contributed by atoms with E-state index in [-0.39, 0.29) is 46.1 Å². The van der Waals surface area contributed by atoms with E-state index >= 15 is 4.39 Å². The van der Waals surface area contributed by atoms with E-state index in [0.717, 1.165) is 25.3 Å². The number of carbonyl (C=O) groups excluding carboxylic acids is 1. The Morgan fingerprint density at radius 3 is 2.71 bits per heavy atom. The molecule has 10 nitrogen and oxygen atoms in total. The van der Waals surface area contributed by atoms with E-state index in [2.05, 4.69) is 19.9 Å². The summed E-state index contributed by atoms with van der Waals surface area (Å²) in [5.74, 6) is -1.03. The number of anilines is 1. The van der Waals surface area contributed by atoms with Crippen molar-refractivity contribution >= 4 is 34.7 Å². The van der Waals surface area contributed by atoms with E-state index in [0.29, 0.717) is 30.0 Å². The second kappa shape index (κ2) is 11.5. The molecule has 0 aliphatic carbocycles. The predicted octanol–water partition coefficient (Wildman–Crippen LogP) is 4.43. The zero-order valence-corrected chi connectivity index (χ0v) is 23.0. The lowest BCUT2D eigenvalue weighted by Gasteiger charge is -2.43. The van der Waals surface area contributed by atoms with Crippen LogP contribution in [0.2, 0.25) is 5.02 Å². The number of imidazole rings is 1. The molecule has 41 heavy (non-hydrogen) atoms. The van der Waals surface area contributed by atoms with Gasteiger partial charge in [0.2, 0.25) is 12.2 Å². The molecule has 0 saturated carbocycles. The summed E-state index contributed by atoms with van der Waals surface area (Å²) in [6.07, 6.45) is 7.49. The number of hydrogen-bond donors (Lipinski definition) is 1. The van der Waals surface area contributed by atoms with Gasteiger partial charge in [0.1, 0.15) is 35.3 Å². The van der Waals surface area contributed by atoms with Gasteiger partial charge in [0.05, 0.1) is 22.6 Å². The molecule has 1 amide bonds. The first kappa shape index (κ1) is 28.0. The maximum absolute atomic E-state index is 15.8. The summed E-state index contributed by atoms with van der Waals surface area (Å²) in [4.78, 5) is 27.3. The number of hydrogen-bond acceptors (Lipinski definition) is 8. The number of benzene rings is 2. The van der Waals surface area contributed by atoms with Crippen LogP contribution in [0.15, 0.2) is 36.9 Å². The quantitative estimate of drug-likeness (QED) is 0.353. The third-order valence-electron chi connectivity index (χ3n) is 7.46. The Morgan fingerprint density at radius 1 is 1.24 bits per heavy atom. The van der Waals surface area contributed by atoms with E-state index in [4.69, 9.17) is 21.6 Å². The van der Waals surface area contributed by atoms with Gasteiger partial charge in [0, 0.05) is 57.1 Å². The Hall–Kier alpha value is -4.50. The molecule has 2 aliphatic rings. The molecule has 6 rings (SSSR count). The molecular formula is C28H26ClF2N7O3. The molecule has 2 aliphatic heterocycles. The Labute approximate surface area is 239 Å². The molecule has 0 spiro atoms. The maximum atomic E-state index is 15.8. The van der Waals surface area contributed by atoms with E-state index in [1.54, 1.807) is 36.0 Å². The number of nitrogens with zero attached hydrogens (tertiary/aromatic N) is 7. The number of amides is 1. The second-order valence-corrected chi connectivity index (χ2v) is 10.2. The molecule has 1 fully saturated rings. The molecule has 2 aromatic heterocycles. The van der Waals surface area contributed by atoms with E-state index in [9.17, 15) is 14.3 Å². The highest BCUT2D eigenvalue weighted by molar-refractivity contribution is 6.36. The summed E-state index contributed by atoms with van der Waals surface area (Å²) in [5, 5.41) is 18.7. The number of ether oxygens (including phenoxy) is 1. The van der Waals surface area contributed by atoms with Crippen molar-refractivity contribution in [3.63, 3.8) is 0 Å². The third kappa shape index (κ3) is 5.09. The number of phenolic OH excluding ortho intramolecular Hbond substituents is 1. The number of piperidine rings is 1. The molecule has 1 saturated heterocycles. The highest BCUT2D eigenvalue weighted by atomic mass is 35.5. The van der Waals surface area contributed by atoms with Crippen LogP contribution >= 0.6 is 11.6 Å². The third-order valence-corrected chi connectivity index (χ3v) is 7.82. The van der Waals surface area contributed by atoms with Crippen LogP contribution in [-0.2, 0) is 11.8 Å². The van der Waals surface area contributed by atoms with Crippen LogP contribution in [0.25, 0.3) is 22.0 Å². The van der Waals surface area contributed by atoms with E-state index in [1.807, 2.05) is 6.07 Å². The lowest BCUT2D eigenvalue weighted by atomic mass is 9.93. The molecule has 2 atom stereocenters. The van der Waals surface area contributed by atoms with Crippen LogP contribution in [0.1, 0.15) is 25.1 Å². The highest BCUT2D eigenvalue weighted by Crippen LogP contribution is 2.49. The molecular weight excluding hydrogens is 556 g/mol. The number of phenols is 1. The molecule has 13 heteroatoms. The van der Waals surface area contributed by atoms with E-state index < -0.39 is 17.4 Å². The van der Waals surface area contributed by atoms with Crippen molar-refractivity contribution in [3.05, 3.63) is 59.4 Å². The smallest absolute Gasteiger partial charge is 0.212 e. The van der Waals surface area contributed by atoms with Gasteiger partial charge < -0.3 is 24.2 Å². The number of aryl methyl sites for hydroxylation is 1. The van der Waals surface area contributed by atoms with Gasteiger partial charge in [0.25, 0.3) is 0 Å². The lowest BCUT2D eigenvalue weighted by molar-refractivity contribution is -0.119. The van der Waals surface area contributed by atoms with Crippen LogP contribution < -0.4 is 9.64 Å². The molecule has 1 N–H and O–H groups in total. The zero-order chi connectivity index (χ0) is 29.3. The van der Waals surface area contributed by atoms with Crippen LogP contribution in [0.5, 0.6) is 11.5 Å². The Morgan fingerprint density at radius 2 is 2.05 bits per heavy atom. The van der Waals surface area contributed by atoms with E-state index in [1.165, 1.54) is 18.5 Å². The number of halogens is 3. The molecule has 212 valence electrons. The summed E-state index contributed by atoms with van der Waals surface area (Å²) in [5.41, 5.74) is -0.716. The monoisotopic (exact) mass is 581 g/mol. The van der Waals surface area contributed by atoms with Gasteiger partial charge >= 0.3 is 0 Å². The van der Waals surface area contributed by atoms with Crippen LogP contribution in [0.3, 0.4) is 0 Å². The minimum Gasteiger partial charge on any atom is -0.507 e. The first-order valence-corrected chi connectivity index (χ1v) is 13.2. The summed E-state index contributed by atoms with van der Waals surface area (Å²) in [6, 6.07) is 5.74. The number of nitriles is 1. The minimum absolute atomic E-state index is 0.0227. The van der Waals surface area contributed by atoms with Crippen molar-refractivity contribution in [2.75, 3.05) is 25.1 Å². The number of carbonyl (C=O) groups is 1. The van der Waals surface area contributed by atoms with Crippen molar-refractivity contribution in [2.24, 2.45) is 7.05 Å². The fourth-order valence-electron chi connectivity index (χ4n) is 5.33. The molecule has 2 unspecified atom stereocenters. The molecule has 4 heterocycles. The standard InChI is InChI=1S/C23H21ClF2N4O3.C5H5N3/c1-29(11-31)12-5-7-30-13(9-12)6-8-33-22-18-21(27-10-28-23(18)30)20(26)17(19(22)24)16-14(25)3-2-4-15(16)32;1-8-3-2-7-5(8)4-6/h2-4,10-13,32H,5-9H2,1H3;2-3H,1H3. The zero-order valence-electron chi connectivity index (χ0n) is 22.3. The Balaban J connectivity index is 0.000000365.